The van der Waals surface area contributed by atoms with E-state index in [1.807, 2.05) is 12.1 Å². The second-order valence-electron chi connectivity index (χ2n) is 5.00. The number of anilines is 2. The molecule has 2 heterocycles. The number of hydrogen-bond donors (Lipinski definition) is 3. The van der Waals surface area contributed by atoms with E-state index in [1.165, 1.54) is 6.20 Å². The Balaban J connectivity index is 1.64. The Labute approximate surface area is 122 Å². The minimum Gasteiger partial charge on any atom is -0.508 e. The average Bonchev–Trinajstić information content (AvgIpc) is 2.94. The summed E-state index contributed by atoms with van der Waals surface area (Å²) in [7, 11) is 0. The van der Waals surface area contributed by atoms with Crippen LogP contribution in [0.2, 0.25) is 0 Å². The van der Waals surface area contributed by atoms with Gasteiger partial charge >= 0.3 is 0 Å². The third-order valence-corrected chi connectivity index (χ3v) is 3.66. The van der Waals surface area contributed by atoms with Gasteiger partial charge in [-0.05, 0) is 24.3 Å². The van der Waals surface area contributed by atoms with Crippen LogP contribution in [0.25, 0.3) is 0 Å². The Hall–Kier alpha value is -2.70. The maximum Gasteiger partial charge on any atom is 0.274 e. The van der Waals surface area contributed by atoms with Crippen molar-refractivity contribution >= 4 is 17.3 Å². The number of rotatable bonds is 2. The lowest BCUT2D eigenvalue weighted by atomic mass is 10.2. The molecule has 21 heavy (non-hydrogen) atoms. The first-order valence-electron chi connectivity index (χ1n) is 6.77. The number of carbonyl (C=O) groups excluding carboxylic acids is 1. The summed E-state index contributed by atoms with van der Waals surface area (Å²) in [6.45, 7) is 2.73. The molecule has 0 aliphatic carbocycles. The molecule has 0 radical (unpaired) electrons. The highest BCUT2D eigenvalue weighted by molar-refractivity contribution is 5.97. The molecule has 2 aromatic rings. The van der Waals surface area contributed by atoms with E-state index in [4.69, 9.17) is 5.73 Å². The molecule has 0 atom stereocenters. The van der Waals surface area contributed by atoms with Crippen LogP contribution in [0.1, 0.15) is 10.5 Å². The second-order valence-corrected chi connectivity index (χ2v) is 5.00. The van der Waals surface area contributed by atoms with Crippen LogP contribution in [0.3, 0.4) is 0 Å². The zero-order valence-electron chi connectivity index (χ0n) is 11.5. The monoisotopic (exact) mass is 287 g/mol. The molecule has 7 heteroatoms. The lowest BCUT2D eigenvalue weighted by molar-refractivity contribution is 0.0742. The first-order chi connectivity index (χ1) is 10.1. The van der Waals surface area contributed by atoms with Gasteiger partial charge in [-0.25, -0.2) is 0 Å². The SMILES string of the molecule is Nc1cn[nH]c1C(=O)N1CCN(c2ccc(O)cc2)CC1. The van der Waals surface area contributed by atoms with Crippen molar-refractivity contribution in [3.05, 3.63) is 36.2 Å². The number of aromatic amines is 1. The first kappa shape index (κ1) is 13.3. The quantitative estimate of drug-likeness (QED) is 0.753. The fourth-order valence-corrected chi connectivity index (χ4v) is 2.46. The van der Waals surface area contributed by atoms with Gasteiger partial charge in [-0.2, -0.15) is 5.10 Å². The molecule has 1 fully saturated rings. The Morgan fingerprint density at radius 2 is 1.86 bits per heavy atom. The van der Waals surface area contributed by atoms with Gasteiger partial charge in [0.2, 0.25) is 0 Å². The van der Waals surface area contributed by atoms with E-state index in [0.29, 0.717) is 24.5 Å². The summed E-state index contributed by atoms with van der Waals surface area (Å²) in [6, 6.07) is 7.08. The number of nitrogens with zero attached hydrogens (tertiary/aromatic N) is 3. The maximum absolute atomic E-state index is 12.3. The predicted octanol–water partition coefficient (Wildman–Crippen LogP) is 0.660. The maximum atomic E-state index is 12.3. The molecular formula is C14H17N5O2. The summed E-state index contributed by atoms with van der Waals surface area (Å²) in [4.78, 5) is 16.2. The van der Waals surface area contributed by atoms with Gasteiger partial charge < -0.3 is 20.6 Å². The van der Waals surface area contributed by atoms with Crippen molar-refractivity contribution in [2.24, 2.45) is 0 Å². The second kappa shape index (κ2) is 5.35. The highest BCUT2D eigenvalue weighted by atomic mass is 16.3. The van der Waals surface area contributed by atoms with Gasteiger partial charge in [-0.1, -0.05) is 0 Å². The number of nitrogens with two attached hydrogens (primary N) is 1. The molecule has 1 aromatic heterocycles. The number of H-pyrrole nitrogens is 1. The van der Waals surface area contributed by atoms with Crippen molar-refractivity contribution in [1.29, 1.82) is 0 Å². The van der Waals surface area contributed by atoms with Gasteiger partial charge in [-0.3, -0.25) is 9.89 Å². The highest BCUT2D eigenvalue weighted by Crippen LogP contribution is 2.20. The summed E-state index contributed by atoms with van der Waals surface area (Å²) >= 11 is 0. The first-order valence-corrected chi connectivity index (χ1v) is 6.77. The van der Waals surface area contributed by atoms with Crippen molar-refractivity contribution in [1.82, 2.24) is 15.1 Å². The van der Waals surface area contributed by atoms with Crippen LogP contribution in [0.5, 0.6) is 5.75 Å². The van der Waals surface area contributed by atoms with Crippen LogP contribution in [-0.4, -0.2) is 52.3 Å². The van der Waals surface area contributed by atoms with Crippen LogP contribution in [0.4, 0.5) is 11.4 Å². The molecule has 110 valence electrons. The van der Waals surface area contributed by atoms with E-state index in [9.17, 15) is 9.90 Å². The number of benzene rings is 1. The Morgan fingerprint density at radius 1 is 1.19 bits per heavy atom. The Kier molecular flexibility index (Phi) is 3.39. The molecule has 4 N–H and O–H groups in total. The van der Waals surface area contributed by atoms with Crippen molar-refractivity contribution in [3.63, 3.8) is 0 Å². The fraction of sp³-hybridized carbons (Fsp3) is 0.286. The third-order valence-electron chi connectivity index (χ3n) is 3.66. The van der Waals surface area contributed by atoms with Gasteiger partial charge in [0.1, 0.15) is 11.4 Å². The number of aromatic hydroxyl groups is 1. The number of aromatic nitrogens is 2. The molecule has 7 nitrogen and oxygen atoms in total. The number of amides is 1. The van der Waals surface area contributed by atoms with E-state index < -0.39 is 0 Å². The normalized spacial score (nSPS) is 15.2. The minimum absolute atomic E-state index is 0.115. The summed E-state index contributed by atoms with van der Waals surface area (Å²) < 4.78 is 0. The van der Waals surface area contributed by atoms with Crippen LogP contribution >= 0.6 is 0 Å². The van der Waals surface area contributed by atoms with Gasteiger partial charge in [0.25, 0.3) is 5.91 Å². The van der Waals surface area contributed by atoms with Crippen molar-refractivity contribution in [2.75, 3.05) is 36.8 Å². The van der Waals surface area contributed by atoms with Gasteiger partial charge in [0.15, 0.2) is 0 Å². The number of nitrogen functional groups attached to an aromatic ring is 1. The predicted molar refractivity (Wildman–Crippen MR) is 79.2 cm³/mol. The van der Waals surface area contributed by atoms with Crippen molar-refractivity contribution < 1.29 is 9.90 Å². The summed E-state index contributed by atoms with van der Waals surface area (Å²) in [6.07, 6.45) is 1.44. The van der Waals surface area contributed by atoms with Gasteiger partial charge in [-0.15, -0.1) is 0 Å². The van der Waals surface area contributed by atoms with E-state index in [-0.39, 0.29) is 11.7 Å². The molecule has 1 aliphatic rings. The molecule has 1 saturated heterocycles. The lowest BCUT2D eigenvalue weighted by Gasteiger charge is -2.36. The van der Waals surface area contributed by atoms with Gasteiger partial charge in [0.05, 0.1) is 11.9 Å². The Morgan fingerprint density at radius 3 is 2.43 bits per heavy atom. The van der Waals surface area contributed by atoms with Gasteiger partial charge in [0, 0.05) is 31.9 Å². The molecule has 1 aromatic carbocycles. The summed E-state index contributed by atoms with van der Waals surface area (Å²) in [5, 5.41) is 15.7. The van der Waals surface area contributed by atoms with Crippen LogP contribution in [0, 0.1) is 0 Å². The number of nitrogens with one attached hydrogen (secondary N) is 1. The van der Waals surface area contributed by atoms with Crippen LogP contribution in [0.15, 0.2) is 30.5 Å². The summed E-state index contributed by atoms with van der Waals surface area (Å²) in [5.74, 6) is 0.137. The molecule has 0 unspecified atom stereocenters. The van der Waals surface area contributed by atoms with E-state index in [1.54, 1.807) is 17.0 Å². The number of phenols is 1. The van der Waals surface area contributed by atoms with Crippen LogP contribution in [-0.2, 0) is 0 Å². The number of piperazine rings is 1. The fourth-order valence-electron chi connectivity index (χ4n) is 2.46. The standard InChI is InChI=1S/C14H17N5O2/c15-12-9-16-17-13(12)14(21)19-7-5-18(6-8-19)10-1-3-11(20)4-2-10/h1-4,9,20H,5-8,15H2,(H,16,17). The summed E-state index contributed by atoms with van der Waals surface area (Å²) in [5.41, 5.74) is 7.48. The molecule has 1 amide bonds. The van der Waals surface area contributed by atoms with E-state index in [0.717, 1.165) is 18.8 Å². The smallest absolute Gasteiger partial charge is 0.274 e. The topological polar surface area (TPSA) is 98.5 Å². The third kappa shape index (κ3) is 2.62. The zero-order chi connectivity index (χ0) is 14.8. The molecular weight excluding hydrogens is 270 g/mol. The molecule has 0 saturated carbocycles. The van der Waals surface area contributed by atoms with Crippen molar-refractivity contribution in [2.45, 2.75) is 0 Å². The van der Waals surface area contributed by atoms with Crippen molar-refractivity contribution in [3.8, 4) is 5.75 Å². The van der Waals surface area contributed by atoms with Crippen LogP contribution < -0.4 is 10.6 Å². The average molecular weight is 287 g/mol. The zero-order valence-corrected chi connectivity index (χ0v) is 11.5. The molecule has 1 aliphatic heterocycles. The molecule has 0 bridgehead atoms. The number of phenolic OH excluding ortho intramolecular Hbond substituents is 1. The number of carbonyl (C=O) groups is 1. The molecule has 3 rings (SSSR count). The van der Waals surface area contributed by atoms with E-state index >= 15 is 0 Å². The van der Waals surface area contributed by atoms with E-state index in [2.05, 4.69) is 15.1 Å². The number of hydrogen-bond acceptors (Lipinski definition) is 5. The minimum atomic E-state index is -0.115. The Bertz CT molecular complexity index is 629. The lowest BCUT2D eigenvalue weighted by Crippen LogP contribution is -2.49. The highest BCUT2D eigenvalue weighted by Gasteiger charge is 2.24. The molecule has 0 spiro atoms. The largest absolute Gasteiger partial charge is 0.508 e.